The highest BCUT2D eigenvalue weighted by atomic mass is 16.5. The number of amides is 2. The van der Waals surface area contributed by atoms with Gasteiger partial charge in [-0.05, 0) is 35.4 Å². The van der Waals surface area contributed by atoms with Crippen LogP contribution in [0.25, 0.3) is 0 Å². The maximum atomic E-state index is 13.0. The minimum absolute atomic E-state index is 0.00990. The van der Waals surface area contributed by atoms with Crippen molar-refractivity contribution in [2.75, 3.05) is 26.7 Å². The van der Waals surface area contributed by atoms with Gasteiger partial charge >= 0.3 is 0 Å². The molecule has 2 aromatic rings. The van der Waals surface area contributed by atoms with Crippen LogP contribution in [0.2, 0.25) is 0 Å². The van der Waals surface area contributed by atoms with E-state index in [-0.39, 0.29) is 29.8 Å². The Morgan fingerprint density at radius 1 is 1.11 bits per heavy atom. The number of piperazine rings is 1. The van der Waals surface area contributed by atoms with E-state index in [1.165, 1.54) is 5.56 Å². The van der Waals surface area contributed by atoms with E-state index in [1.807, 2.05) is 17.0 Å². The number of carbonyl (C=O) groups excluding carboxylic acids is 2. The molecule has 4 rings (SSSR count). The summed E-state index contributed by atoms with van der Waals surface area (Å²) in [6, 6.07) is 15.2. The number of methoxy groups -OCH3 is 1. The van der Waals surface area contributed by atoms with Gasteiger partial charge in [-0.1, -0.05) is 38.1 Å². The molecule has 27 heavy (non-hydrogen) atoms. The highest BCUT2D eigenvalue weighted by Gasteiger charge is 2.44. The van der Waals surface area contributed by atoms with Gasteiger partial charge in [0.2, 0.25) is 5.91 Å². The average molecular weight is 364 g/mol. The summed E-state index contributed by atoms with van der Waals surface area (Å²) in [7, 11) is 1.59. The van der Waals surface area contributed by atoms with Gasteiger partial charge in [-0.15, -0.1) is 0 Å². The van der Waals surface area contributed by atoms with Crippen LogP contribution in [0.15, 0.2) is 48.5 Å². The first-order valence-electron chi connectivity index (χ1n) is 9.23. The zero-order valence-electron chi connectivity index (χ0n) is 15.9. The Kier molecular flexibility index (Phi) is 4.17. The number of rotatable bonds is 2. The second-order valence-electron chi connectivity index (χ2n) is 7.92. The third kappa shape index (κ3) is 2.97. The molecule has 2 aromatic carbocycles. The van der Waals surface area contributed by atoms with E-state index >= 15 is 0 Å². The summed E-state index contributed by atoms with van der Waals surface area (Å²) in [5, 5.41) is 0. The van der Waals surface area contributed by atoms with Crippen molar-refractivity contribution >= 4 is 11.8 Å². The minimum atomic E-state index is -0.118. The van der Waals surface area contributed by atoms with Crippen molar-refractivity contribution in [2.45, 2.75) is 25.3 Å². The normalized spacial score (nSPS) is 20.7. The van der Waals surface area contributed by atoms with Gasteiger partial charge in [-0.2, -0.15) is 0 Å². The maximum Gasteiger partial charge on any atom is 0.254 e. The quantitative estimate of drug-likeness (QED) is 0.823. The Labute approximate surface area is 159 Å². The van der Waals surface area contributed by atoms with Crippen molar-refractivity contribution in [1.29, 1.82) is 0 Å². The molecule has 2 heterocycles. The molecule has 1 unspecified atom stereocenters. The number of carbonyl (C=O) groups is 2. The van der Waals surface area contributed by atoms with Crippen LogP contribution in [0.1, 0.15) is 41.4 Å². The predicted molar refractivity (Wildman–Crippen MR) is 103 cm³/mol. The Morgan fingerprint density at radius 2 is 1.81 bits per heavy atom. The molecule has 0 N–H and O–H groups in total. The Balaban J connectivity index is 1.65. The number of benzene rings is 2. The molecule has 5 nitrogen and oxygen atoms in total. The lowest BCUT2D eigenvalue weighted by atomic mass is 9.75. The largest absolute Gasteiger partial charge is 0.497 e. The van der Waals surface area contributed by atoms with Crippen LogP contribution in [0, 0.1) is 0 Å². The van der Waals surface area contributed by atoms with Gasteiger partial charge < -0.3 is 14.5 Å². The van der Waals surface area contributed by atoms with Crippen molar-refractivity contribution in [3.63, 3.8) is 0 Å². The molecular formula is C22H24N2O3. The number of hydrogen-bond donors (Lipinski definition) is 0. The van der Waals surface area contributed by atoms with E-state index in [4.69, 9.17) is 4.74 Å². The lowest BCUT2D eigenvalue weighted by Gasteiger charge is -2.49. The lowest BCUT2D eigenvalue weighted by Crippen LogP contribution is -2.58. The van der Waals surface area contributed by atoms with Crippen LogP contribution in [0.5, 0.6) is 5.75 Å². The summed E-state index contributed by atoms with van der Waals surface area (Å²) in [4.78, 5) is 29.5. The predicted octanol–water partition coefficient (Wildman–Crippen LogP) is 3.01. The van der Waals surface area contributed by atoms with E-state index in [0.717, 1.165) is 5.56 Å². The fourth-order valence-electron chi connectivity index (χ4n) is 4.25. The second kappa shape index (κ2) is 6.41. The molecule has 0 aliphatic carbocycles. The molecule has 140 valence electrons. The summed E-state index contributed by atoms with van der Waals surface area (Å²) < 4.78 is 5.15. The molecule has 0 saturated carbocycles. The SMILES string of the molecule is COc1ccc(C(=O)N2CC(=O)N3CC(C)(C)c4ccccc4C3C2)cc1. The molecule has 2 aliphatic heterocycles. The van der Waals surface area contributed by atoms with E-state index < -0.39 is 0 Å². The first-order valence-corrected chi connectivity index (χ1v) is 9.23. The molecule has 2 aliphatic rings. The van der Waals surface area contributed by atoms with Gasteiger partial charge in [0.15, 0.2) is 0 Å². The summed E-state index contributed by atoms with van der Waals surface area (Å²) in [5.74, 6) is 0.597. The lowest BCUT2D eigenvalue weighted by molar-refractivity contribution is -0.140. The third-order valence-corrected chi connectivity index (χ3v) is 5.65. The second-order valence-corrected chi connectivity index (χ2v) is 7.92. The van der Waals surface area contributed by atoms with Crippen LogP contribution in [-0.4, -0.2) is 48.4 Å². The van der Waals surface area contributed by atoms with Crippen LogP contribution >= 0.6 is 0 Å². The van der Waals surface area contributed by atoms with Crippen molar-refractivity contribution in [3.8, 4) is 5.75 Å². The van der Waals surface area contributed by atoms with Gasteiger partial charge in [0.25, 0.3) is 5.91 Å². The molecule has 1 saturated heterocycles. The Hall–Kier alpha value is -2.82. The molecule has 0 aromatic heterocycles. The monoisotopic (exact) mass is 364 g/mol. The average Bonchev–Trinajstić information content (AvgIpc) is 2.68. The number of hydrogen-bond acceptors (Lipinski definition) is 3. The fourth-order valence-corrected chi connectivity index (χ4v) is 4.25. The molecule has 1 atom stereocenters. The van der Waals surface area contributed by atoms with E-state index in [0.29, 0.717) is 24.4 Å². The summed E-state index contributed by atoms with van der Waals surface area (Å²) in [6.07, 6.45) is 0. The van der Waals surface area contributed by atoms with Crippen molar-refractivity contribution in [1.82, 2.24) is 9.80 Å². The van der Waals surface area contributed by atoms with Crippen LogP contribution in [-0.2, 0) is 10.2 Å². The molecule has 0 spiro atoms. The van der Waals surface area contributed by atoms with Gasteiger partial charge in [-0.3, -0.25) is 9.59 Å². The third-order valence-electron chi connectivity index (χ3n) is 5.65. The molecular weight excluding hydrogens is 340 g/mol. The van der Waals surface area contributed by atoms with Crippen LogP contribution in [0.4, 0.5) is 0 Å². The molecule has 2 amide bonds. The first-order chi connectivity index (χ1) is 12.9. The number of fused-ring (bicyclic) bond motifs is 3. The molecule has 0 bridgehead atoms. The number of nitrogens with zero attached hydrogens (tertiary/aromatic N) is 2. The highest BCUT2D eigenvalue weighted by Crippen LogP contribution is 2.41. The minimum Gasteiger partial charge on any atom is -0.497 e. The smallest absolute Gasteiger partial charge is 0.254 e. The Morgan fingerprint density at radius 3 is 2.52 bits per heavy atom. The summed E-state index contributed by atoms with van der Waals surface area (Å²) in [5.41, 5.74) is 2.89. The number of ether oxygens (including phenoxy) is 1. The van der Waals surface area contributed by atoms with Crippen molar-refractivity contribution in [2.24, 2.45) is 0 Å². The molecule has 0 radical (unpaired) electrons. The Bertz CT molecular complexity index is 889. The molecule has 1 fully saturated rings. The summed E-state index contributed by atoms with van der Waals surface area (Å²) >= 11 is 0. The van der Waals surface area contributed by atoms with Gasteiger partial charge in [0.1, 0.15) is 12.3 Å². The van der Waals surface area contributed by atoms with Gasteiger partial charge in [0.05, 0.1) is 13.2 Å². The zero-order valence-corrected chi connectivity index (χ0v) is 15.9. The maximum absolute atomic E-state index is 13.0. The van der Waals surface area contributed by atoms with E-state index in [9.17, 15) is 9.59 Å². The van der Waals surface area contributed by atoms with E-state index in [2.05, 4.69) is 26.0 Å². The first kappa shape index (κ1) is 17.6. The van der Waals surface area contributed by atoms with Gasteiger partial charge in [-0.25, -0.2) is 0 Å². The summed E-state index contributed by atoms with van der Waals surface area (Å²) in [6.45, 7) is 5.66. The van der Waals surface area contributed by atoms with Crippen molar-refractivity contribution in [3.05, 3.63) is 65.2 Å². The van der Waals surface area contributed by atoms with E-state index in [1.54, 1.807) is 36.3 Å². The van der Waals surface area contributed by atoms with Crippen LogP contribution in [0.3, 0.4) is 0 Å². The van der Waals surface area contributed by atoms with Crippen molar-refractivity contribution < 1.29 is 14.3 Å². The highest BCUT2D eigenvalue weighted by molar-refractivity contribution is 5.97. The fraction of sp³-hybridized carbons (Fsp3) is 0.364. The molecule has 5 heteroatoms. The standard InChI is InChI=1S/C22H24N2O3/c1-22(2)14-24-19(17-6-4-5-7-18(17)22)12-23(13-20(24)25)21(26)15-8-10-16(27-3)11-9-15/h4-11,19H,12-14H2,1-3H3. The zero-order chi connectivity index (χ0) is 19.2. The van der Waals surface area contributed by atoms with Gasteiger partial charge in [0, 0.05) is 24.1 Å². The van der Waals surface area contributed by atoms with Crippen LogP contribution < -0.4 is 4.74 Å². The topological polar surface area (TPSA) is 49.9 Å².